The molecule has 138 valence electrons. The lowest BCUT2D eigenvalue weighted by Gasteiger charge is -2.26. The predicted octanol–water partition coefficient (Wildman–Crippen LogP) is 3.69. The van der Waals surface area contributed by atoms with Crippen LogP contribution in [0.1, 0.15) is 36.9 Å². The number of halogens is 1. The molecule has 4 rings (SSSR count). The van der Waals surface area contributed by atoms with Crippen LogP contribution in [0.4, 0.5) is 10.2 Å². The number of benzene rings is 1. The highest BCUT2D eigenvalue weighted by atomic mass is 19.1. The molecule has 5 heteroatoms. The van der Waals surface area contributed by atoms with Gasteiger partial charge in [-0.2, -0.15) is 0 Å². The van der Waals surface area contributed by atoms with Gasteiger partial charge in [0.05, 0.1) is 0 Å². The van der Waals surface area contributed by atoms with Crippen molar-refractivity contribution in [2.24, 2.45) is 0 Å². The fraction of sp³-hybridized carbons (Fsp3) is 0.524. The number of aryl methyl sites for hydroxylation is 1. The van der Waals surface area contributed by atoms with E-state index in [1.54, 1.807) is 12.1 Å². The molecule has 2 heterocycles. The number of nitrogens with zero attached hydrogens (tertiary/aromatic N) is 4. The molecule has 0 N–H and O–H groups in total. The van der Waals surface area contributed by atoms with Gasteiger partial charge in [0.25, 0.3) is 0 Å². The molecule has 0 radical (unpaired) electrons. The van der Waals surface area contributed by atoms with Crippen LogP contribution in [0.15, 0.2) is 24.3 Å². The largest absolute Gasteiger partial charge is 0.355 e. The van der Waals surface area contributed by atoms with Gasteiger partial charge in [-0.25, -0.2) is 14.4 Å². The first kappa shape index (κ1) is 17.4. The summed E-state index contributed by atoms with van der Waals surface area (Å²) in [5.41, 5.74) is 3.44. The van der Waals surface area contributed by atoms with Crippen LogP contribution in [0.25, 0.3) is 11.4 Å². The van der Waals surface area contributed by atoms with Crippen molar-refractivity contribution in [3.05, 3.63) is 41.3 Å². The Morgan fingerprint density at radius 1 is 0.846 bits per heavy atom. The van der Waals surface area contributed by atoms with E-state index >= 15 is 0 Å². The van der Waals surface area contributed by atoms with Crippen LogP contribution < -0.4 is 4.90 Å². The lowest BCUT2D eigenvalue weighted by atomic mass is 10.1. The van der Waals surface area contributed by atoms with Crippen molar-refractivity contribution in [2.45, 2.75) is 38.5 Å². The first-order chi connectivity index (χ1) is 12.7. The molecular weight excluding hydrogens is 327 g/mol. The molecule has 26 heavy (non-hydrogen) atoms. The summed E-state index contributed by atoms with van der Waals surface area (Å²) in [6.45, 7) is 4.23. The lowest BCUT2D eigenvalue weighted by Crippen LogP contribution is -2.31. The third-order valence-corrected chi connectivity index (χ3v) is 5.53. The van der Waals surface area contributed by atoms with Gasteiger partial charge in [-0.1, -0.05) is 6.42 Å². The zero-order chi connectivity index (χ0) is 17.9. The normalized spacial score (nSPS) is 18.9. The molecule has 4 nitrogen and oxygen atoms in total. The van der Waals surface area contributed by atoms with E-state index in [9.17, 15) is 4.39 Å². The molecule has 2 aromatic rings. The Hall–Kier alpha value is -2.01. The minimum atomic E-state index is -0.223. The molecule has 0 spiro atoms. The lowest BCUT2D eigenvalue weighted by molar-refractivity contribution is 0.360. The molecule has 0 unspecified atom stereocenters. The van der Waals surface area contributed by atoms with E-state index in [1.807, 2.05) is 0 Å². The highest BCUT2D eigenvalue weighted by molar-refractivity contribution is 5.61. The van der Waals surface area contributed by atoms with Gasteiger partial charge < -0.3 is 9.80 Å². The van der Waals surface area contributed by atoms with Gasteiger partial charge in [0.2, 0.25) is 0 Å². The fourth-order valence-electron chi connectivity index (χ4n) is 4.00. The summed E-state index contributed by atoms with van der Waals surface area (Å²) < 4.78 is 13.3. The average Bonchev–Trinajstić information content (AvgIpc) is 3.01. The molecule has 1 fully saturated rings. The van der Waals surface area contributed by atoms with Crippen LogP contribution in [-0.2, 0) is 12.8 Å². The Morgan fingerprint density at radius 3 is 2.50 bits per heavy atom. The topological polar surface area (TPSA) is 32.3 Å². The maximum absolute atomic E-state index is 13.3. The maximum atomic E-state index is 13.3. The third kappa shape index (κ3) is 3.73. The van der Waals surface area contributed by atoms with Crippen LogP contribution in [0.5, 0.6) is 0 Å². The van der Waals surface area contributed by atoms with Crippen molar-refractivity contribution >= 4 is 5.82 Å². The molecule has 0 saturated carbocycles. The smallest absolute Gasteiger partial charge is 0.161 e. The van der Waals surface area contributed by atoms with Crippen LogP contribution in [0, 0.1) is 5.82 Å². The van der Waals surface area contributed by atoms with Crippen molar-refractivity contribution in [1.29, 1.82) is 0 Å². The minimum absolute atomic E-state index is 0.223. The van der Waals surface area contributed by atoms with E-state index in [4.69, 9.17) is 9.97 Å². The summed E-state index contributed by atoms with van der Waals surface area (Å²) in [5, 5.41) is 0. The summed E-state index contributed by atoms with van der Waals surface area (Å²) in [5.74, 6) is 1.63. The minimum Gasteiger partial charge on any atom is -0.355 e. The number of aromatic nitrogens is 2. The molecule has 1 saturated heterocycles. The number of fused-ring (bicyclic) bond motifs is 1. The molecule has 1 aromatic carbocycles. The molecule has 0 amide bonds. The molecule has 1 aliphatic carbocycles. The van der Waals surface area contributed by atoms with E-state index in [0.717, 1.165) is 62.6 Å². The van der Waals surface area contributed by atoms with Gasteiger partial charge in [0, 0.05) is 36.5 Å². The van der Waals surface area contributed by atoms with Gasteiger partial charge in [0.1, 0.15) is 11.6 Å². The summed E-state index contributed by atoms with van der Waals surface area (Å²) in [4.78, 5) is 14.7. The van der Waals surface area contributed by atoms with E-state index in [0.29, 0.717) is 0 Å². The number of rotatable bonds is 2. The van der Waals surface area contributed by atoms with Gasteiger partial charge in [-0.3, -0.25) is 0 Å². The van der Waals surface area contributed by atoms with Gasteiger partial charge in [-0.15, -0.1) is 0 Å². The second-order valence-corrected chi connectivity index (χ2v) is 7.51. The summed E-state index contributed by atoms with van der Waals surface area (Å²) in [6, 6.07) is 6.55. The molecule has 0 atom stereocenters. The van der Waals surface area contributed by atoms with Crippen LogP contribution in [0.2, 0.25) is 0 Å². The maximum Gasteiger partial charge on any atom is 0.161 e. The molecule has 1 aromatic heterocycles. The Labute approximate surface area is 155 Å². The highest BCUT2D eigenvalue weighted by Gasteiger charge is 2.23. The highest BCUT2D eigenvalue weighted by Crippen LogP contribution is 2.30. The van der Waals surface area contributed by atoms with Crippen LogP contribution >= 0.6 is 0 Å². The van der Waals surface area contributed by atoms with Crippen molar-refractivity contribution in [3.63, 3.8) is 0 Å². The van der Waals surface area contributed by atoms with E-state index < -0.39 is 0 Å². The SMILES string of the molecule is CN1CCCN(c2nc(-c3ccc(F)cc3)nc3c2CCCCC3)CC1. The molecule has 2 aliphatic rings. The van der Waals surface area contributed by atoms with Crippen molar-refractivity contribution < 1.29 is 4.39 Å². The zero-order valence-corrected chi connectivity index (χ0v) is 15.5. The zero-order valence-electron chi connectivity index (χ0n) is 15.5. The Balaban J connectivity index is 1.77. The summed E-state index contributed by atoms with van der Waals surface area (Å²) in [7, 11) is 2.19. The van der Waals surface area contributed by atoms with Crippen molar-refractivity contribution in [1.82, 2.24) is 14.9 Å². The predicted molar refractivity (Wildman–Crippen MR) is 103 cm³/mol. The Bertz CT molecular complexity index is 759. The quantitative estimate of drug-likeness (QED) is 0.770. The first-order valence-corrected chi connectivity index (χ1v) is 9.80. The standard InChI is InChI=1S/C21H27FN4/c1-25-12-5-13-26(15-14-25)21-18-6-3-2-4-7-19(18)23-20(24-21)16-8-10-17(22)11-9-16/h8-11H,2-7,12-15H2,1H3. The van der Waals surface area contributed by atoms with E-state index in [2.05, 4.69) is 16.8 Å². The number of likely N-dealkylation sites (N-methyl/N-ethyl adjacent to an activating group) is 1. The molecular formula is C21H27FN4. The number of hydrogen-bond acceptors (Lipinski definition) is 4. The van der Waals surface area contributed by atoms with Gasteiger partial charge in [0.15, 0.2) is 5.82 Å². The average molecular weight is 354 g/mol. The third-order valence-electron chi connectivity index (χ3n) is 5.53. The fourth-order valence-corrected chi connectivity index (χ4v) is 4.00. The first-order valence-electron chi connectivity index (χ1n) is 9.80. The van der Waals surface area contributed by atoms with Crippen molar-refractivity contribution in [3.8, 4) is 11.4 Å². The van der Waals surface area contributed by atoms with Crippen molar-refractivity contribution in [2.75, 3.05) is 38.1 Å². The summed E-state index contributed by atoms with van der Waals surface area (Å²) >= 11 is 0. The van der Waals surface area contributed by atoms with Crippen LogP contribution in [-0.4, -0.2) is 48.1 Å². The van der Waals surface area contributed by atoms with Crippen LogP contribution in [0.3, 0.4) is 0 Å². The molecule has 1 aliphatic heterocycles. The van der Waals surface area contributed by atoms with E-state index in [-0.39, 0.29) is 5.82 Å². The second kappa shape index (κ2) is 7.70. The second-order valence-electron chi connectivity index (χ2n) is 7.51. The van der Waals surface area contributed by atoms with E-state index in [1.165, 1.54) is 42.7 Å². The molecule has 0 bridgehead atoms. The number of hydrogen-bond donors (Lipinski definition) is 0. The monoisotopic (exact) mass is 354 g/mol. The Kier molecular flexibility index (Phi) is 5.16. The Morgan fingerprint density at radius 2 is 1.65 bits per heavy atom. The van der Waals surface area contributed by atoms with Gasteiger partial charge >= 0.3 is 0 Å². The van der Waals surface area contributed by atoms with Gasteiger partial charge in [-0.05, 0) is 70.0 Å². The summed E-state index contributed by atoms with van der Waals surface area (Å²) in [6.07, 6.45) is 6.90. The number of anilines is 1.